The van der Waals surface area contributed by atoms with Crippen molar-refractivity contribution in [1.82, 2.24) is 88.9 Å². The van der Waals surface area contributed by atoms with E-state index in [0.717, 1.165) is 238 Å². The lowest BCUT2D eigenvalue weighted by Gasteiger charge is -2.38. The Morgan fingerprint density at radius 2 is 0.869 bits per heavy atom. The monoisotopic (exact) mass is 1740 g/mol. The van der Waals surface area contributed by atoms with Crippen molar-refractivity contribution >= 4 is 52.2 Å². The van der Waals surface area contributed by atoms with Crippen LogP contribution in [0.3, 0.4) is 0 Å². The highest BCUT2D eigenvalue weighted by Gasteiger charge is 2.35. The number of ketones is 1. The Labute approximate surface area is 755 Å². The van der Waals surface area contributed by atoms with Crippen LogP contribution in [0.15, 0.2) is 195 Å². The first-order chi connectivity index (χ1) is 63.7. The highest BCUT2D eigenvalue weighted by atomic mass is 16.5. The second-order valence-electron chi connectivity index (χ2n) is 33.8. The van der Waals surface area contributed by atoms with Crippen LogP contribution >= 0.6 is 0 Å². The predicted octanol–water partition coefficient (Wildman–Crippen LogP) is 11.1. The SMILES string of the molecule is [C-]#[N+]c1cccc2c1CCOC2CN1CCN(C(=O)Cc2ccc(-n3ccnn3)cc2)CC1.[C-]#[N+]c1cccc2c1CCOC2CN1CCN(C(=O)Cc2ccc(-n3ccnn3)cn2)CC1.[C-]#[N+]c1cccc2c1COCC2CN1CCN(C(=O)Cc2ccc(-n3cncn3)cc2)CC1.[C-]#[N+]c1cccc2c1OCC2CN1CCN(C(=O)Cc2ccc3c(c2)CCC3=O)CC1. The maximum absolute atomic E-state index is 12.8. The fourth-order valence-corrected chi connectivity index (χ4v) is 18.7. The molecular weight excluding hydrogens is 1640 g/mol. The fraction of sp³-hybridized carbons (Fsp3) is 0.374. The summed E-state index contributed by atoms with van der Waals surface area (Å²) < 4.78 is 28.8. The molecule has 4 unspecified atom stereocenters. The number of aromatic nitrogens is 10. The Morgan fingerprint density at radius 1 is 0.423 bits per heavy atom. The van der Waals surface area contributed by atoms with Gasteiger partial charge >= 0.3 is 0 Å². The van der Waals surface area contributed by atoms with Crippen LogP contribution in [-0.2, 0) is 84.9 Å². The Bertz CT molecular complexity index is 5530. The van der Waals surface area contributed by atoms with Gasteiger partial charge in [-0.3, -0.25) is 48.6 Å². The molecular formula is C99H102N22O9. The predicted molar refractivity (Wildman–Crippen MR) is 484 cm³/mol. The maximum Gasteiger partial charge on any atom is 0.228 e. The fourth-order valence-electron chi connectivity index (χ4n) is 18.7. The van der Waals surface area contributed by atoms with E-state index in [1.807, 2.05) is 141 Å². The molecule has 11 aromatic rings. The lowest BCUT2D eigenvalue weighted by molar-refractivity contribution is -0.133. The van der Waals surface area contributed by atoms with Gasteiger partial charge in [-0.2, -0.15) is 5.10 Å². The third-order valence-corrected chi connectivity index (χ3v) is 25.9. The van der Waals surface area contributed by atoms with E-state index in [2.05, 4.69) is 98.9 Å². The molecule has 4 fully saturated rings. The van der Waals surface area contributed by atoms with Crippen molar-refractivity contribution < 1.29 is 42.9 Å². The summed E-state index contributed by atoms with van der Waals surface area (Å²) in [5.41, 5.74) is 19.0. The molecule has 31 heteroatoms. The zero-order valence-electron chi connectivity index (χ0n) is 72.6. The van der Waals surface area contributed by atoms with Gasteiger partial charge in [-0.1, -0.05) is 126 Å². The number of amides is 4. The topological polar surface area (TPSA) is 271 Å². The molecule has 0 bridgehead atoms. The van der Waals surface area contributed by atoms with E-state index in [0.29, 0.717) is 83.2 Å². The van der Waals surface area contributed by atoms with Gasteiger partial charge in [0, 0.05) is 160 Å². The molecule has 1 aliphatic carbocycles. The zero-order valence-corrected chi connectivity index (χ0v) is 72.6. The molecule has 0 radical (unpaired) electrons. The van der Waals surface area contributed by atoms with Gasteiger partial charge in [0.05, 0.1) is 145 Å². The van der Waals surface area contributed by atoms with Gasteiger partial charge < -0.3 is 38.5 Å². The van der Waals surface area contributed by atoms with Crippen molar-refractivity contribution in [2.45, 2.75) is 82.0 Å². The van der Waals surface area contributed by atoms with Crippen molar-refractivity contribution in [3.8, 4) is 22.8 Å². The summed E-state index contributed by atoms with van der Waals surface area (Å²) in [6.45, 7) is 48.4. The standard InChI is InChI=1S/2C25H26N6O2.C25H25N3O3.C24H25N7O2/c1-26-23-4-2-3-22-21(23)9-16-33-24(22)18-29-12-14-30(15-13-29)25(32)17-19-5-7-20(8-6-19)31-11-10-27-28-31;1-26-24-4-2-3-22-20(15-33-16-23(22)24)14-29-9-11-30(12-10-29)25(32)13-19-5-7-21(8-6-19)31-18-27-17-28-31;1-26-22-4-2-3-21-19(16-31-25(21)22)15-27-9-11-28(12-10-27)24(30)14-17-5-7-20-18(13-17)6-8-23(20)29;1-25-22-4-2-3-21-20(22)7-14-33-23(21)17-29-10-12-30(13-11-29)24(32)15-18-5-6-19(16-26-18)31-9-8-27-28-31/h2-8,10-11,24H,9,12-18H2;2-8,17-18,20H,9-16H2;2-5,7,13,19H,6,8-12,14-16H2;2-6,8-9,16,23H,7,10-15,17H2. The molecule has 4 saturated heterocycles. The first-order valence-electron chi connectivity index (χ1n) is 44.5. The lowest BCUT2D eigenvalue weighted by atomic mass is 9.91. The van der Waals surface area contributed by atoms with Crippen LogP contribution in [0, 0.1) is 26.3 Å². The average Bonchev–Trinajstić information content (AvgIpc) is 1.15. The minimum Gasteiger partial charge on any atom is -0.504 e. The molecule has 7 aromatic carbocycles. The molecule has 0 N–H and O–H groups in total. The van der Waals surface area contributed by atoms with Crippen molar-refractivity contribution in [3.63, 3.8) is 0 Å². The van der Waals surface area contributed by atoms with Crippen molar-refractivity contribution in [2.75, 3.05) is 157 Å². The third-order valence-electron chi connectivity index (χ3n) is 25.9. The number of pyridine rings is 1. The van der Waals surface area contributed by atoms with Crippen LogP contribution in [0.5, 0.6) is 5.75 Å². The molecule has 20 rings (SSSR count). The number of rotatable bonds is 19. The second-order valence-corrected chi connectivity index (χ2v) is 33.8. The van der Waals surface area contributed by atoms with Crippen LogP contribution in [0.25, 0.3) is 36.4 Å². The number of carbonyl (C=O) groups is 5. The summed E-state index contributed by atoms with van der Waals surface area (Å²) in [5, 5.41) is 19.7. The lowest BCUT2D eigenvalue weighted by Crippen LogP contribution is -2.50. The van der Waals surface area contributed by atoms with E-state index in [4.69, 9.17) is 45.2 Å². The van der Waals surface area contributed by atoms with Gasteiger partial charge in [-0.05, 0) is 117 Å². The number of benzene rings is 7. The Balaban J connectivity index is 0.000000121. The van der Waals surface area contributed by atoms with E-state index in [1.54, 1.807) is 57.4 Å². The minimum atomic E-state index is -0.0228. The number of para-hydroxylation sites is 1. The number of fused-ring (bicyclic) bond motifs is 5. The molecule has 4 atom stereocenters. The number of hydrogen-bond donors (Lipinski definition) is 0. The molecule has 8 aliphatic heterocycles. The first kappa shape index (κ1) is 88.2. The summed E-state index contributed by atoms with van der Waals surface area (Å²) in [6.07, 6.45) is 16.1. The van der Waals surface area contributed by atoms with Crippen LogP contribution in [0.4, 0.5) is 22.7 Å². The number of carbonyl (C=O) groups excluding carboxylic acids is 5. The summed E-state index contributed by atoms with van der Waals surface area (Å²) in [4.78, 5) is 103. The number of ether oxygens (including phenoxy) is 4. The van der Waals surface area contributed by atoms with Crippen molar-refractivity contribution in [3.05, 3.63) is 313 Å². The van der Waals surface area contributed by atoms with Crippen LogP contribution in [-0.4, -0.2) is 276 Å². The molecule has 4 aromatic heterocycles. The summed E-state index contributed by atoms with van der Waals surface area (Å²) in [6, 6.07) is 48.9. The Morgan fingerprint density at radius 3 is 1.35 bits per heavy atom. The van der Waals surface area contributed by atoms with E-state index in [9.17, 15) is 24.0 Å². The van der Waals surface area contributed by atoms with Gasteiger partial charge in [-0.25, -0.2) is 38.4 Å². The number of nitrogens with zero attached hydrogens (tertiary/aromatic N) is 22. The van der Waals surface area contributed by atoms with E-state index in [-0.39, 0.29) is 59.9 Å². The van der Waals surface area contributed by atoms with Gasteiger partial charge in [0.1, 0.15) is 18.4 Å². The van der Waals surface area contributed by atoms with E-state index < -0.39 is 0 Å². The van der Waals surface area contributed by atoms with Crippen LogP contribution < -0.4 is 4.74 Å². The number of piperazine rings is 4. The van der Waals surface area contributed by atoms with Crippen LogP contribution in [0.2, 0.25) is 0 Å². The minimum absolute atomic E-state index is 0.0128. The molecule has 4 amide bonds. The summed E-state index contributed by atoms with van der Waals surface area (Å²) >= 11 is 0. The normalized spacial score (nSPS) is 18.9. The zero-order chi connectivity index (χ0) is 89.2. The van der Waals surface area contributed by atoms with Crippen molar-refractivity contribution in [2.24, 2.45) is 0 Å². The molecule has 12 heterocycles. The Hall–Kier alpha value is -13.9. The highest BCUT2D eigenvalue weighted by Crippen LogP contribution is 2.43. The molecule has 9 aliphatic rings. The van der Waals surface area contributed by atoms with Crippen LogP contribution in [0.1, 0.15) is 108 Å². The van der Waals surface area contributed by atoms with Crippen molar-refractivity contribution in [1.29, 1.82) is 0 Å². The molecule has 0 spiro atoms. The Kier molecular flexibility index (Phi) is 28.4. The molecule has 31 nitrogen and oxygen atoms in total. The summed E-state index contributed by atoms with van der Waals surface area (Å²) in [5.74, 6) is 2.06. The van der Waals surface area contributed by atoms with Gasteiger partial charge in [0.25, 0.3) is 0 Å². The number of aryl methyl sites for hydroxylation is 1. The molecule has 130 heavy (non-hydrogen) atoms. The largest absolute Gasteiger partial charge is 0.504 e. The number of Topliss-reactive ketones (excluding diaryl/α,β-unsaturated/α-hetero) is 1. The molecule has 0 saturated carbocycles. The summed E-state index contributed by atoms with van der Waals surface area (Å²) in [7, 11) is 0. The molecule has 662 valence electrons. The average molecular weight is 1740 g/mol. The second kappa shape index (κ2) is 41.9. The van der Waals surface area contributed by atoms with E-state index in [1.165, 1.54) is 11.9 Å². The number of hydrogen-bond acceptors (Lipinski definition) is 20. The maximum atomic E-state index is 12.8. The quantitative estimate of drug-likeness (QED) is 0.0681. The highest BCUT2D eigenvalue weighted by molar-refractivity contribution is 6.00. The van der Waals surface area contributed by atoms with Gasteiger partial charge in [0.15, 0.2) is 22.8 Å². The van der Waals surface area contributed by atoms with E-state index >= 15 is 0 Å². The van der Waals surface area contributed by atoms with Gasteiger partial charge in [-0.15, -0.1) is 10.2 Å². The first-order valence-corrected chi connectivity index (χ1v) is 44.5. The van der Waals surface area contributed by atoms with Gasteiger partial charge in [0.2, 0.25) is 29.3 Å². The smallest absolute Gasteiger partial charge is 0.228 e. The third kappa shape index (κ3) is 21.3.